The van der Waals surface area contributed by atoms with E-state index in [9.17, 15) is 4.79 Å². The van der Waals surface area contributed by atoms with Gasteiger partial charge in [-0.25, -0.2) is 0 Å². The Morgan fingerprint density at radius 3 is 2.46 bits per heavy atom. The third-order valence-corrected chi connectivity index (χ3v) is 1.66. The van der Waals surface area contributed by atoms with Crippen LogP contribution in [0.15, 0.2) is 36.0 Å². The summed E-state index contributed by atoms with van der Waals surface area (Å²) in [6.07, 6.45) is 14.3. The molecule has 72 valence electrons. The first-order chi connectivity index (χ1) is 6.31. The maximum atomic E-state index is 10.2. The minimum absolute atomic E-state index is 0.804. The molecule has 0 spiro atoms. The SMILES string of the molecule is CC=CCCC=CCC=C(C)C=O. The molecule has 0 rings (SSSR count). The van der Waals surface area contributed by atoms with E-state index in [2.05, 4.69) is 24.3 Å². The zero-order valence-electron chi connectivity index (χ0n) is 8.49. The number of hydrogen-bond acceptors (Lipinski definition) is 1. The van der Waals surface area contributed by atoms with Gasteiger partial charge in [-0.05, 0) is 38.7 Å². The summed E-state index contributed by atoms with van der Waals surface area (Å²) in [6, 6.07) is 0. The van der Waals surface area contributed by atoms with Crippen LogP contribution >= 0.6 is 0 Å². The summed E-state index contributed by atoms with van der Waals surface area (Å²) in [6.45, 7) is 3.85. The molecule has 0 aromatic rings. The molecule has 0 bridgehead atoms. The molecule has 0 saturated heterocycles. The van der Waals surface area contributed by atoms with E-state index < -0.39 is 0 Å². The summed E-state index contributed by atoms with van der Waals surface area (Å²) in [5.74, 6) is 0. The Bertz CT molecular complexity index is 209. The van der Waals surface area contributed by atoms with E-state index in [1.165, 1.54) is 0 Å². The van der Waals surface area contributed by atoms with Crippen molar-refractivity contribution in [2.45, 2.75) is 33.1 Å². The highest BCUT2D eigenvalue weighted by Crippen LogP contribution is 1.96. The lowest BCUT2D eigenvalue weighted by Crippen LogP contribution is -1.74. The highest BCUT2D eigenvalue weighted by molar-refractivity contribution is 5.71. The Labute approximate surface area is 80.8 Å². The predicted molar refractivity (Wildman–Crippen MR) is 57.6 cm³/mol. The Morgan fingerprint density at radius 1 is 1.15 bits per heavy atom. The molecule has 0 saturated carbocycles. The van der Waals surface area contributed by atoms with E-state index in [0.717, 1.165) is 31.1 Å². The molecule has 0 heterocycles. The third kappa shape index (κ3) is 8.80. The molecule has 1 nitrogen and oxygen atoms in total. The van der Waals surface area contributed by atoms with Gasteiger partial charge in [0.15, 0.2) is 0 Å². The normalized spacial score (nSPS) is 12.9. The number of allylic oxidation sites excluding steroid dienone is 6. The molecule has 0 unspecified atom stereocenters. The molecule has 0 N–H and O–H groups in total. The van der Waals surface area contributed by atoms with Crippen LogP contribution in [0.1, 0.15) is 33.1 Å². The van der Waals surface area contributed by atoms with Gasteiger partial charge in [0.2, 0.25) is 0 Å². The van der Waals surface area contributed by atoms with Crippen LogP contribution in [0.4, 0.5) is 0 Å². The lowest BCUT2D eigenvalue weighted by atomic mass is 10.2. The molecule has 0 amide bonds. The second-order valence-electron chi connectivity index (χ2n) is 2.92. The number of unbranched alkanes of at least 4 members (excludes halogenated alkanes) is 1. The Balaban J connectivity index is 3.47. The van der Waals surface area contributed by atoms with Crippen molar-refractivity contribution in [3.8, 4) is 0 Å². The smallest absolute Gasteiger partial charge is 0.145 e. The summed E-state index contributed by atoms with van der Waals surface area (Å²) < 4.78 is 0. The van der Waals surface area contributed by atoms with Crippen molar-refractivity contribution in [3.63, 3.8) is 0 Å². The number of carbonyl (C=O) groups is 1. The fraction of sp³-hybridized carbons (Fsp3) is 0.417. The average Bonchev–Trinajstić information content (AvgIpc) is 2.16. The van der Waals surface area contributed by atoms with Crippen LogP contribution in [0.2, 0.25) is 0 Å². The van der Waals surface area contributed by atoms with Crippen molar-refractivity contribution in [2.24, 2.45) is 0 Å². The molecule has 0 aromatic heterocycles. The lowest BCUT2D eigenvalue weighted by Gasteiger charge is -1.87. The van der Waals surface area contributed by atoms with Gasteiger partial charge in [0.25, 0.3) is 0 Å². The highest BCUT2D eigenvalue weighted by atomic mass is 16.1. The molecule has 0 aliphatic heterocycles. The van der Waals surface area contributed by atoms with Gasteiger partial charge in [0.1, 0.15) is 6.29 Å². The van der Waals surface area contributed by atoms with Gasteiger partial charge < -0.3 is 0 Å². The van der Waals surface area contributed by atoms with Crippen LogP contribution < -0.4 is 0 Å². The quantitative estimate of drug-likeness (QED) is 0.263. The van der Waals surface area contributed by atoms with Crippen LogP contribution in [0.5, 0.6) is 0 Å². The van der Waals surface area contributed by atoms with E-state index in [-0.39, 0.29) is 0 Å². The molecule has 1 heteroatoms. The van der Waals surface area contributed by atoms with E-state index in [0.29, 0.717) is 0 Å². The van der Waals surface area contributed by atoms with Gasteiger partial charge in [-0.15, -0.1) is 0 Å². The van der Waals surface area contributed by atoms with Crippen LogP contribution in [0.3, 0.4) is 0 Å². The van der Waals surface area contributed by atoms with Crippen LogP contribution in [0, 0.1) is 0 Å². The standard InChI is InChI=1S/C12H18O/c1-3-4-5-6-7-8-9-10-12(2)11-13/h3-4,7-8,10-11H,5-6,9H2,1-2H3. The van der Waals surface area contributed by atoms with Crippen LogP contribution in [-0.2, 0) is 4.79 Å². The molecule has 0 atom stereocenters. The second kappa shape index (κ2) is 8.98. The van der Waals surface area contributed by atoms with Gasteiger partial charge in [0, 0.05) is 0 Å². The average molecular weight is 178 g/mol. The van der Waals surface area contributed by atoms with Crippen molar-refractivity contribution in [3.05, 3.63) is 36.0 Å². The van der Waals surface area contributed by atoms with Crippen LogP contribution in [-0.4, -0.2) is 6.29 Å². The highest BCUT2D eigenvalue weighted by Gasteiger charge is 1.80. The number of hydrogen-bond donors (Lipinski definition) is 0. The van der Waals surface area contributed by atoms with Gasteiger partial charge in [0.05, 0.1) is 0 Å². The Morgan fingerprint density at radius 2 is 1.85 bits per heavy atom. The molecule has 13 heavy (non-hydrogen) atoms. The zero-order chi connectivity index (χ0) is 9.94. The maximum absolute atomic E-state index is 10.2. The largest absolute Gasteiger partial charge is 0.298 e. The summed E-state index contributed by atoms with van der Waals surface area (Å²) in [5.41, 5.74) is 0.804. The van der Waals surface area contributed by atoms with Crippen molar-refractivity contribution in [2.75, 3.05) is 0 Å². The van der Waals surface area contributed by atoms with Crippen molar-refractivity contribution < 1.29 is 4.79 Å². The van der Waals surface area contributed by atoms with Crippen molar-refractivity contribution >= 4 is 6.29 Å². The van der Waals surface area contributed by atoms with Crippen LogP contribution in [0.25, 0.3) is 0 Å². The van der Waals surface area contributed by atoms with E-state index in [1.807, 2.05) is 19.9 Å². The van der Waals surface area contributed by atoms with Gasteiger partial charge >= 0.3 is 0 Å². The monoisotopic (exact) mass is 178 g/mol. The fourth-order valence-corrected chi connectivity index (χ4v) is 0.875. The zero-order valence-corrected chi connectivity index (χ0v) is 8.49. The third-order valence-electron chi connectivity index (χ3n) is 1.66. The first-order valence-corrected chi connectivity index (χ1v) is 4.69. The lowest BCUT2D eigenvalue weighted by molar-refractivity contribution is -0.104. The first kappa shape index (κ1) is 11.9. The van der Waals surface area contributed by atoms with Crippen molar-refractivity contribution in [1.29, 1.82) is 0 Å². The number of aldehydes is 1. The Kier molecular flexibility index (Phi) is 8.21. The molecular weight excluding hydrogens is 160 g/mol. The predicted octanol–water partition coefficient (Wildman–Crippen LogP) is 3.43. The topological polar surface area (TPSA) is 17.1 Å². The molecule has 0 aromatic carbocycles. The van der Waals surface area contributed by atoms with E-state index >= 15 is 0 Å². The van der Waals surface area contributed by atoms with E-state index in [1.54, 1.807) is 0 Å². The molecule has 0 aliphatic carbocycles. The molecule has 0 fully saturated rings. The number of carbonyl (C=O) groups excluding carboxylic acids is 1. The fourth-order valence-electron chi connectivity index (χ4n) is 0.875. The van der Waals surface area contributed by atoms with Gasteiger partial charge in [-0.1, -0.05) is 30.4 Å². The van der Waals surface area contributed by atoms with Gasteiger partial charge in [-0.2, -0.15) is 0 Å². The number of rotatable bonds is 6. The summed E-state index contributed by atoms with van der Waals surface area (Å²) in [7, 11) is 0. The summed E-state index contributed by atoms with van der Waals surface area (Å²) in [5, 5.41) is 0. The summed E-state index contributed by atoms with van der Waals surface area (Å²) in [4.78, 5) is 10.2. The van der Waals surface area contributed by atoms with Crippen molar-refractivity contribution in [1.82, 2.24) is 0 Å². The first-order valence-electron chi connectivity index (χ1n) is 4.69. The second-order valence-corrected chi connectivity index (χ2v) is 2.92. The van der Waals surface area contributed by atoms with E-state index in [4.69, 9.17) is 0 Å². The van der Waals surface area contributed by atoms with Gasteiger partial charge in [-0.3, -0.25) is 4.79 Å². The maximum Gasteiger partial charge on any atom is 0.145 e. The minimum atomic E-state index is 0.804. The molecular formula is C12H18O. The Hall–Kier alpha value is -1.11. The molecule has 0 aliphatic rings. The molecule has 0 radical (unpaired) electrons. The summed E-state index contributed by atoms with van der Waals surface area (Å²) >= 11 is 0. The minimum Gasteiger partial charge on any atom is -0.298 e.